The van der Waals surface area contributed by atoms with Gasteiger partial charge in [-0.05, 0) is 42.2 Å². The minimum absolute atomic E-state index is 0.702. The summed E-state index contributed by atoms with van der Waals surface area (Å²) in [4.78, 5) is 0. The van der Waals surface area contributed by atoms with Gasteiger partial charge in [-0.2, -0.15) is 0 Å². The van der Waals surface area contributed by atoms with E-state index in [0.29, 0.717) is 6.04 Å². The molecule has 1 N–H and O–H groups in total. The van der Waals surface area contributed by atoms with Crippen molar-refractivity contribution in [2.24, 2.45) is 0 Å². The molecule has 1 aromatic carbocycles. The number of benzene rings is 1. The van der Waals surface area contributed by atoms with Crippen LogP contribution in [0.25, 0.3) is 11.1 Å². The quantitative estimate of drug-likeness (QED) is 0.875. The molecule has 0 bridgehead atoms. The SMILES string of the molecule is COc1ccc(-c2ccoc2)c(CNC2CC2)c1. The molecule has 3 nitrogen and oxygen atoms in total. The number of rotatable bonds is 5. The molecule has 0 amide bonds. The first kappa shape index (κ1) is 11.4. The third-order valence-electron chi connectivity index (χ3n) is 3.30. The number of nitrogens with one attached hydrogen (secondary N) is 1. The molecule has 0 radical (unpaired) electrons. The molecule has 1 saturated carbocycles. The maximum Gasteiger partial charge on any atom is 0.119 e. The molecule has 1 aromatic heterocycles. The van der Waals surface area contributed by atoms with Crippen LogP contribution in [0, 0.1) is 0 Å². The highest BCUT2D eigenvalue weighted by Gasteiger charge is 2.20. The maximum atomic E-state index is 5.30. The molecule has 18 heavy (non-hydrogen) atoms. The first-order valence-electron chi connectivity index (χ1n) is 6.29. The van der Waals surface area contributed by atoms with E-state index in [1.807, 2.05) is 12.1 Å². The van der Waals surface area contributed by atoms with Crippen molar-refractivity contribution in [3.8, 4) is 16.9 Å². The van der Waals surface area contributed by atoms with Gasteiger partial charge in [-0.25, -0.2) is 0 Å². The summed E-state index contributed by atoms with van der Waals surface area (Å²) >= 11 is 0. The smallest absolute Gasteiger partial charge is 0.119 e. The van der Waals surface area contributed by atoms with Crippen molar-refractivity contribution in [2.75, 3.05) is 7.11 Å². The summed E-state index contributed by atoms with van der Waals surface area (Å²) in [6.07, 6.45) is 6.08. The Labute approximate surface area is 107 Å². The first-order chi connectivity index (χ1) is 8.86. The zero-order chi connectivity index (χ0) is 12.4. The minimum atomic E-state index is 0.702. The van der Waals surface area contributed by atoms with E-state index in [2.05, 4.69) is 17.4 Å². The molecule has 0 aliphatic heterocycles. The highest BCUT2D eigenvalue weighted by atomic mass is 16.5. The van der Waals surface area contributed by atoms with Crippen molar-refractivity contribution < 1.29 is 9.15 Å². The van der Waals surface area contributed by atoms with Crippen LogP contribution in [0.5, 0.6) is 5.75 Å². The van der Waals surface area contributed by atoms with Crippen LogP contribution in [0.3, 0.4) is 0 Å². The lowest BCUT2D eigenvalue weighted by molar-refractivity contribution is 0.414. The van der Waals surface area contributed by atoms with Gasteiger partial charge in [0.25, 0.3) is 0 Å². The molecule has 3 rings (SSSR count). The van der Waals surface area contributed by atoms with E-state index in [0.717, 1.165) is 17.9 Å². The van der Waals surface area contributed by atoms with Crippen LogP contribution in [0.4, 0.5) is 0 Å². The number of ether oxygens (including phenoxy) is 1. The number of furan rings is 1. The molecule has 1 aliphatic rings. The minimum Gasteiger partial charge on any atom is -0.497 e. The average molecular weight is 243 g/mol. The molecule has 0 spiro atoms. The van der Waals surface area contributed by atoms with Crippen molar-refractivity contribution in [1.82, 2.24) is 5.32 Å². The standard InChI is InChI=1S/C15H17NO2/c1-17-14-4-5-15(11-6-7-18-10-11)12(8-14)9-16-13-2-3-13/h4-8,10,13,16H,2-3,9H2,1H3. The van der Waals surface area contributed by atoms with Gasteiger partial charge >= 0.3 is 0 Å². The second-order valence-corrected chi connectivity index (χ2v) is 4.69. The van der Waals surface area contributed by atoms with Gasteiger partial charge < -0.3 is 14.5 Å². The van der Waals surface area contributed by atoms with Crippen LogP contribution >= 0.6 is 0 Å². The number of hydrogen-bond donors (Lipinski definition) is 1. The topological polar surface area (TPSA) is 34.4 Å². The van der Waals surface area contributed by atoms with Gasteiger partial charge in [0.2, 0.25) is 0 Å². The van der Waals surface area contributed by atoms with Gasteiger partial charge in [0, 0.05) is 18.2 Å². The van der Waals surface area contributed by atoms with E-state index in [9.17, 15) is 0 Å². The van der Waals surface area contributed by atoms with E-state index in [-0.39, 0.29) is 0 Å². The molecule has 94 valence electrons. The van der Waals surface area contributed by atoms with Crippen LogP contribution in [0.2, 0.25) is 0 Å². The molecule has 1 aliphatic carbocycles. The Hall–Kier alpha value is -1.74. The summed E-state index contributed by atoms with van der Waals surface area (Å²) in [7, 11) is 1.70. The zero-order valence-electron chi connectivity index (χ0n) is 10.5. The predicted octanol–water partition coefficient (Wildman–Crippen LogP) is 3.21. The third kappa shape index (κ3) is 2.41. The van der Waals surface area contributed by atoms with E-state index in [4.69, 9.17) is 9.15 Å². The Bertz CT molecular complexity index is 515. The second-order valence-electron chi connectivity index (χ2n) is 4.69. The number of methoxy groups -OCH3 is 1. The Morgan fingerprint density at radius 3 is 2.89 bits per heavy atom. The molecule has 2 aromatic rings. The second kappa shape index (κ2) is 4.86. The van der Waals surface area contributed by atoms with Gasteiger partial charge in [-0.1, -0.05) is 6.07 Å². The summed E-state index contributed by atoms with van der Waals surface area (Å²) in [5.41, 5.74) is 3.57. The van der Waals surface area contributed by atoms with Crippen molar-refractivity contribution in [3.63, 3.8) is 0 Å². The van der Waals surface area contributed by atoms with Crippen molar-refractivity contribution in [1.29, 1.82) is 0 Å². The summed E-state index contributed by atoms with van der Waals surface area (Å²) in [5.74, 6) is 0.898. The van der Waals surface area contributed by atoms with Gasteiger partial charge in [-0.15, -0.1) is 0 Å². The van der Waals surface area contributed by atoms with Crippen molar-refractivity contribution in [2.45, 2.75) is 25.4 Å². The Morgan fingerprint density at radius 1 is 1.33 bits per heavy atom. The van der Waals surface area contributed by atoms with E-state index in [1.165, 1.54) is 24.0 Å². The van der Waals surface area contributed by atoms with E-state index >= 15 is 0 Å². The summed E-state index contributed by atoms with van der Waals surface area (Å²) in [6, 6.07) is 8.87. The fourth-order valence-corrected chi connectivity index (χ4v) is 2.08. The molecule has 0 atom stereocenters. The lowest BCUT2D eigenvalue weighted by atomic mass is 10.0. The normalized spacial score (nSPS) is 14.7. The van der Waals surface area contributed by atoms with Crippen LogP contribution < -0.4 is 10.1 Å². The van der Waals surface area contributed by atoms with Gasteiger partial charge in [0.1, 0.15) is 5.75 Å². The zero-order valence-corrected chi connectivity index (χ0v) is 10.5. The molecule has 3 heteroatoms. The maximum absolute atomic E-state index is 5.30. The predicted molar refractivity (Wildman–Crippen MR) is 70.6 cm³/mol. The monoisotopic (exact) mass is 243 g/mol. The van der Waals surface area contributed by atoms with Crippen molar-refractivity contribution >= 4 is 0 Å². The molecule has 0 saturated heterocycles. The largest absolute Gasteiger partial charge is 0.497 e. The van der Waals surface area contributed by atoms with Crippen LogP contribution in [0.15, 0.2) is 41.2 Å². The van der Waals surface area contributed by atoms with Crippen LogP contribution in [0.1, 0.15) is 18.4 Å². The van der Waals surface area contributed by atoms with Crippen LogP contribution in [-0.4, -0.2) is 13.2 Å². The van der Waals surface area contributed by atoms with E-state index < -0.39 is 0 Å². The fourth-order valence-electron chi connectivity index (χ4n) is 2.08. The molecule has 1 heterocycles. The average Bonchev–Trinajstić information content (AvgIpc) is 3.08. The molecular formula is C15H17NO2. The third-order valence-corrected chi connectivity index (χ3v) is 3.30. The Balaban J connectivity index is 1.90. The van der Waals surface area contributed by atoms with Gasteiger partial charge in [0.05, 0.1) is 19.6 Å². The van der Waals surface area contributed by atoms with Gasteiger partial charge in [0.15, 0.2) is 0 Å². The number of hydrogen-bond acceptors (Lipinski definition) is 3. The van der Waals surface area contributed by atoms with Crippen LogP contribution in [-0.2, 0) is 6.54 Å². The Morgan fingerprint density at radius 2 is 2.22 bits per heavy atom. The molecular weight excluding hydrogens is 226 g/mol. The lowest BCUT2D eigenvalue weighted by Gasteiger charge is -2.11. The molecule has 1 fully saturated rings. The Kier molecular flexibility index (Phi) is 3.07. The summed E-state index contributed by atoms with van der Waals surface area (Å²) < 4.78 is 10.5. The molecule has 0 unspecified atom stereocenters. The van der Waals surface area contributed by atoms with Gasteiger partial charge in [-0.3, -0.25) is 0 Å². The highest BCUT2D eigenvalue weighted by molar-refractivity contribution is 5.67. The van der Waals surface area contributed by atoms with E-state index in [1.54, 1.807) is 19.6 Å². The lowest BCUT2D eigenvalue weighted by Crippen LogP contribution is -2.15. The van der Waals surface area contributed by atoms with Crippen molar-refractivity contribution in [3.05, 3.63) is 42.4 Å². The highest BCUT2D eigenvalue weighted by Crippen LogP contribution is 2.29. The fraction of sp³-hybridized carbons (Fsp3) is 0.333. The summed E-state index contributed by atoms with van der Waals surface area (Å²) in [6.45, 7) is 0.877. The first-order valence-corrected chi connectivity index (χ1v) is 6.29. The summed E-state index contributed by atoms with van der Waals surface area (Å²) in [5, 5.41) is 3.54.